The van der Waals surface area contributed by atoms with Crippen molar-refractivity contribution in [2.45, 2.75) is 26.7 Å². The zero-order valence-electron chi connectivity index (χ0n) is 9.13. The fourth-order valence-corrected chi connectivity index (χ4v) is 2.55. The fraction of sp³-hybridized carbons (Fsp3) is 0.455. The molecule has 0 fully saturated rings. The van der Waals surface area contributed by atoms with Gasteiger partial charge < -0.3 is 4.99 Å². The molecule has 1 nitrogen and oxygen atoms in total. The maximum absolute atomic E-state index is 4.58. The molecule has 0 aromatic carbocycles. The number of thiophene rings is 1. The number of hydrogen-bond donors (Lipinski definition) is 0. The van der Waals surface area contributed by atoms with Gasteiger partial charge in [0.2, 0.25) is 0 Å². The van der Waals surface area contributed by atoms with Crippen molar-refractivity contribution >= 4 is 17.0 Å². The van der Waals surface area contributed by atoms with E-state index in [-0.39, 0.29) is 29.6 Å². The van der Waals surface area contributed by atoms with Gasteiger partial charge in [0, 0.05) is 10.6 Å². The molecule has 1 aliphatic rings. The molecule has 3 heteroatoms. The third kappa shape index (κ3) is 2.48. The number of hydrogen-bond acceptors (Lipinski definition) is 2. The Morgan fingerprint density at radius 1 is 1.57 bits per heavy atom. The van der Waals surface area contributed by atoms with Gasteiger partial charge in [0.1, 0.15) is 0 Å². The van der Waals surface area contributed by atoms with Crippen LogP contribution in [0.2, 0.25) is 0 Å². The van der Waals surface area contributed by atoms with Crippen LogP contribution >= 0.6 is 11.3 Å². The van der Waals surface area contributed by atoms with Crippen molar-refractivity contribution in [3.05, 3.63) is 27.8 Å². The Morgan fingerprint density at radius 3 is 2.86 bits per heavy atom. The minimum absolute atomic E-state index is 0. The van der Waals surface area contributed by atoms with Gasteiger partial charge >= 0.3 is 29.6 Å². The zero-order valence-corrected chi connectivity index (χ0v) is 11.9. The van der Waals surface area contributed by atoms with Crippen molar-refractivity contribution in [3.63, 3.8) is 0 Å². The summed E-state index contributed by atoms with van der Waals surface area (Å²) in [6.45, 7) is 5.34. The molecule has 0 atom stereocenters. The summed E-state index contributed by atoms with van der Waals surface area (Å²) in [7, 11) is 0. The van der Waals surface area contributed by atoms with E-state index in [0.717, 1.165) is 13.0 Å². The summed E-state index contributed by atoms with van der Waals surface area (Å²) in [5.41, 5.74) is 2.69. The molecule has 0 amide bonds. The Hall–Kier alpha value is 0.370. The minimum Gasteiger partial charge on any atom is -0.323 e. The SMILES string of the molecule is CC[C-]1CN=C(c2sccc2C)C1.[Na+]. The first-order valence-corrected chi connectivity index (χ1v) is 5.60. The van der Waals surface area contributed by atoms with Crippen molar-refractivity contribution in [3.8, 4) is 0 Å². The number of rotatable bonds is 2. The average molecular weight is 215 g/mol. The van der Waals surface area contributed by atoms with Gasteiger partial charge in [-0.3, -0.25) is 5.92 Å². The van der Waals surface area contributed by atoms with Gasteiger partial charge in [-0.25, -0.2) is 0 Å². The molecule has 1 aromatic heterocycles. The van der Waals surface area contributed by atoms with E-state index in [0.29, 0.717) is 0 Å². The van der Waals surface area contributed by atoms with Crippen LogP contribution in [0.1, 0.15) is 30.2 Å². The molecule has 0 unspecified atom stereocenters. The number of nitrogens with zero attached hydrogens (tertiary/aromatic N) is 1. The van der Waals surface area contributed by atoms with Gasteiger partial charge in [-0.05, 0) is 23.9 Å². The third-order valence-corrected chi connectivity index (χ3v) is 3.60. The Balaban J connectivity index is 0.000000980. The minimum atomic E-state index is 0. The van der Waals surface area contributed by atoms with E-state index in [2.05, 4.69) is 30.3 Å². The molecule has 0 saturated carbocycles. The Bertz CT molecular complexity index is 330. The summed E-state index contributed by atoms with van der Waals surface area (Å²) in [5, 5.41) is 2.15. The second kappa shape index (κ2) is 5.45. The van der Waals surface area contributed by atoms with Crippen molar-refractivity contribution in [2.24, 2.45) is 4.99 Å². The monoisotopic (exact) mass is 215 g/mol. The van der Waals surface area contributed by atoms with E-state index in [4.69, 9.17) is 0 Å². The predicted molar refractivity (Wildman–Crippen MR) is 58.6 cm³/mol. The van der Waals surface area contributed by atoms with Gasteiger partial charge in [-0.2, -0.15) is 6.42 Å². The van der Waals surface area contributed by atoms with Crippen molar-refractivity contribution in [1.82, 2.24) is 0 Å². The fourth-order valence-electron chi connectivity index (χ4n) is 1.61. The van der Waals surface area contributed by atoms with E-state index in [1.807, 2.05) is 11.3 Å². The second-order valence-electron chi connectivity index (χ2n) is 3.48. The summed E-state index contributed by atoms with van der Waals surface area (Å²) in [6, 6.07) is 2.17. The van der Waals surface area contributed by atoms with Crippen LogP contribution in [0.15, 0.2) is 16.4 Å². The quantitative estimate of drug-likeness (QED) is 0.495. The molecule has 0 spiro atoms. The molecule has 2 rings (SSSR count). The van der Waals surface area contributed by atoms with E-state index in [1.165, 1.54) is 22.6 Å². The van der Waals surface area contributed by atoms with E-state index in [1.54, 1.807) is 5.92 Å². The van der Waals surface area contributed by atoms with Crippen molar-refractivity contribution in [1.29, 1.82) is 0 Å². The molecule has 0 saturated heterocycles. The first kappa shape index (κ1) is 12.4. The maximum atomic E-state index is 4.58. The summed E-state index contributed by atoms with van der Waals surface area (Å²) < 4.78 is 0. The van der Waals surface area contributed by atoms with Crippen molar-refractivity contribution < 1.29 is 29.6 Å². The standard InChI is InChI=1S/C11H14NS.Na/c1-3-9-6-10(12-7-9)11-8(2)4-5-13-11;/h4-5H,3,6-7H2,1-2H3;/q-1;+1. The summed E-state index contributed by atoms with van der Waals surface area (Å²) in [6.07, 6.45) is 2.29. The van der Waals surface area contributed by atoms with Crippen LogP contribution in [0, 0.1) is 12.8 Å². The number of aliphatic imine (C=N–C) groups is 1. The van der Waals surface area contributed by atoms with Crippen LogP contribution in [-0.4, -0.2) is 12.3 Å². The van der Waals surface area contributed by atoms with Crippen LogP contribution < -0.4 is 29.6 Å². The summed E-state index contributed by atoms with van der Waals surface area (Å²) in [4.78, 5) is 5.97. The Morgan fingerprint density at radius 2 is 2.36 bits per heavy atom. The molecule has 1 aliphatic heterocycles. The predicted octanol–water partition coefficient (Wildman–Crippen LogP) is 0.238. The van der Waals surface area contributed by atoms with Crippen LogP contribution in [0.4, 0.5) is 0 Å². The molecule has 70 valence electrons. The Labute approximate surface area is 112 Å². The smallest absolute Gasteiger partial charge is 0.323 e. The topological polar surface area (TPSA) is 12.4 Å². The van der Waals surface area contributed by atoms with Gasteiger partial charge in [0.05, 0.1) is 0 Å². The molecule has 2 heterocycles. The summed E-state index contributed by atoms with van der Waals surface area (Å²) in [5.74, 6) is 1.57. The van der Waals surface area contributed by atoms with Crippen LogP contribution in [0.25, 0.3) is 0 Å². The second-order valence-corrected chi connectivity index (χ2v) is 4.39. The van der Waals surface area contributed by atoms with E-state index < -0.39 is 0 Å². The van der Waals surface area contributed by atoms with E-state index >= 15 is 0 Å². The molecule has 14 heavy (non-hydrogen) atoms. The first-order chi connectivity index (χ1) is 6.31. The molecular weight excluding hydrogens is 201 g/mol. The molecule has 0 bridgehead atoms. The first-order valence-electron chi connectivity index (χ1n) is 4.72. The van der Waals surface area contributed by atoms with E-state index in [9.17, 15) is 0 Å². The largest absolute Gasteiger partial charge is 1.00 e. The molecule has 0 N–H and O–H groups in total. The maximum Gasteiger partial charge on any atom is 1.00 e. The Kier molecular flexibility index (Phi) is 4.84. The molecule has 0 aliphatic carbocycles. The van der Waals surface area contributed by atoms with Gasteiger partial charge in [0.25, 0.3) is 0 Å². The summed E-state index contributed by atoms with van der Waals surface area (Å²) >= 11 is 1.82. The third-order valence-electron chi connectivity index (χ3n) is 2.54. The van der Waals surface area contributed by atoms with Gasteiger partial charge in [0.15, 0.2) is 0 Å². The molecule has 1 aromatic rings. The average Bonchev–Trinajstić information content (AvgIpc) is 2.71. The van der Waals surface area contributed by atoms with Crippen LogP contribution in [0.3, 0.4) is 0 Å². The normalized spacial score (nSPS) is 16.6. The molecular formula is C11H14NNaS. The zero-order chi connectivity index (χ0) is 9.26. The van der Waals surface area contributed by atoms with Gasteiger partial charge in [-0.15, -0.1) is 17.8 Å². The van der Waals surface area contributed by atoms with Crippen LogP contribution in [0.5, 0.6) is 0 Å². The van der Waals surface area contributed by atoms with Gasteiger partial charge in [-0.1, -0.05) is 13.5 Å². The molecule has 0 radical (unpaired) electrons. The van der Waals surface area contributed by atoms with Crippen LogP contribution in [-0.2, 0) is 0 Å². The number of aryl methyl sites for hydroxylation is 1. The van der Waals surface area contributed by atoms with Crippen molar-refractivity contribution in [2.75, 3.05) is 6.54 Å².